The minimum atomic E-state index is -1.54. The topological polar surface area (TPSA) is 131 Å². The van der Waals surface area contributed by atoms with Gasteiger partial charge in [0.15, 0.2) is 0 Å². The second kappa shape index (κ2) is 15.1. The highest BCUT2D eigenvalue weighted by molar-refractivity contribution is 6.60. The first-order valence-electron chi connectivity index (χ1n) is 11.5. The normalized spacial score (nSPS) is 9.89. The van der Waals surface area contributed by atoms with Crippen molar-refractivity contribution in [3.63, 3.8) is 0 Å². The number of anilines is 2. The Balaban J connectivity index is 0.000000297. The first-order valence-corrected chi connectivity index (χ1v) is 11.5. The summed E-state index contributed by atoms with van der Waals surface area (Å²) in [4.78, 5) is 23.7. The number of nitrogens with one attached hydrogen (secondary N) is 2. The van der Waals surface area contributed by atoms with Crippen LogP contribution in [0.3, 0.4) is 0 Å². The number of ether oxygens (including phenoxy) is 1. The zero-order chi connectivity index (χ0) is 26.3. The van der Waals surface area contributed by atoms with Crippen molar-refractivity contribution in [2.75, 3.05) is 29.9 Å². The van der Waals surface area contributed by atoms with Gasteiger partial charge < -0.3 is 30.5 Å². The number of aryl methyl sites for hydroxylation is 1. The Morgan fingerprint density at radius 3 is 2.19 bits per heavy atom. The standard InChI is InChI=1S/C16H19BN2O4.C10H13NO2/c20-16(23-12-13-6-2-1-3-7-13)19-11-10-18-15-9-5-4-8-14(15)17(21)22;1-3-11(10(12)13)9-7-5-4-6-8(9)2/h1-9,18,21-22H,10-12H2,(H,19,20);4-7H,3H2,1-2H3,(H,12,13). The van der Waals surface area contributed by atoms with Crippen molar-refractivity contribution < 1.29 is 29.5 Å². The van der Waals surface area contributed by atoms with Gasteiger partial charge in [0.05, 0.1) is 0 Å². The molecule has 36 heavy (non-hydrogen) atoms. The van der Waals surface area contributed by atoms with Crippen LogP contribution in [0.2, 0.25) is 0 Å². The number of rotatable bonds is 9. The van der Waals surface area contributed by atoms with Gasteiger partial charge in [-0.25, -0.2) is 9.59 Å². The number of hydrogen-bond donors (Lipinski definition) is 5. The average molecular weight is 493 g/mol. The van der Waals surface area contributed by atoms with Gasteiger partial charge in [0, 0.05) is 36.5 Å². The smallest absolute Gasteiger partial charge is 0.465 e. The van der Waals surface area contributed by atoms with E-state index in [1.54, 1.807) is 24.3 Å². The molecule has 0 aliphatic heterocycles. The Morgan fingerprint density at radius 1 is 0.917 bits per heavy atom. The van der Waals surface area contributed by atoms with Crippen molar-refractivity contribution in [1.82, 2.24) is 5.32 Å². The van der Waals surface area contributed by atoms with Crippen molar-refractivity contribution in [2.24, 2.45) is 0 Å². The third-order valence-corrected chi connectivity index (χ3v) is 5.11. The highest BCUT2D eigenvalue weighted by Crippen LogP contribution is 2.18. The van der Waals surface area contributed by atoms with Crippen molar-refractivity contribution in [3.8, 4) is 0 Å². The highest BCUT2D eigenvalue weighted by Gasteiger charge is 2.15. The SMILES string of the molecule is CCN(C(=O)O)c1ccccc1C.O=C(NCCNc1ccccc1B(O)O)OCc1ccccc1. The van der Waals surface area contributed by atoms with Crippen LogP contribution in [0.1, 0.15) is 18.1 Å². The van der Waals surface area contributed by atoms with Gasteiger partial charge in [-0.05, 0) is 37.1 Å². The summed E-state index contributed by atoms with van der Waals surface area (Å²) in [7, 11) is -1.54. The van der Waals surface area contributed by atoms with Gasteiger partial charge in [0.25, 0.3) is 0 Å². The summed E-state index contributed by atoms with van der Waals surface area (Å²) < 4.78 is 5.08. The third-order valence-electron chi connectivity index (χ3n) is 5.11. The third kappa shape index (κ3) is 9.32. The molecule has 5 N–H and O–H groups in total. The fourth-order valence-electron chi connectivity index (χ4n) is 3.29. The predicted octanol–water partition coefficient (Wildman–Crippen LogP) is 3.20. The Hall–Kier alpha value is -4.02. The zero-order valence-electron chi connectivity index (χ0n) is 20.4. The van der Waals surface area contributed by atoms with E-state index in [1.807, 2.05) is 68.4 Å². The van der Waals surface area contributed by atoms with Crippen molar-refractivity contribution in [3.05, 3.63) is 90.0 Å². The molecule has 0 aliphatic rings. The average Bonchev–Trinajstić information content (AvgIpc) is 2.88. The summed E-state index contributed by atoms with van der Waals surface area (Å²) in [6, 6.07) is 23.7. The number of nitrogens with zero attached hydrogens (tertiary/aromatic N) is 1. The monoisotopic (exact) mass is 493 g/mol. The van der Waals surface area contributed by atoms with E-state index < -0.39 is 19.3 Å². The van der Waals surface area contributed by atoms with E-state index >= 15 is 0 Å². The molecule has 0 radical (unpaired) electrons. The quantitative estimate of drug-likeness (QED) is 0.229. The summed E-state index contributed by atoms with van der Waals surface area (Å²) in [5.41, 5.74) is 3.66. The van der Waals surface area contributed by atoms with Gasteiger partial charge in [-0.15, -0.1) is 0 Å². The number of hydrogen-bond acceptors (Lipinski definition) is 6. The molecule has 0 atom stereocenters. The van der Waals surface area contributed by atoms with E-state index in [4.69, 9.17) is 9.84 Å². The van der Waals surface area contributed by atoms with E-state index in [2.05, 4.69) is 10.6 Å². The first kappa shape index (κ1) is 28.2. The number of alkyl carbamates (subject to hydrolysis) is 1. The maximum Gasteiger partial charge on any atom is 0.490 e. The molecule has 0 bridgehead atoms. The molecule has 0 fully saturated rings. The summed E-state index contributed by atoms with van der Waals surface area (Å²) in [6.45, 7) is 5.20. The lowest BCUT2D eigenvalue weighted by atomic mass is 9.79. The molecule has 3 aromatic carbocycles. The lowest BCUT2D eigenvalue weighted by molar-refractivity contribution is 0.140. The fourth-order valence-corrected chi connectivity index (χ4v) is 3.29. The van der Waals surface area contributed by atoms with Crippen molar-refractivity contribution >= 4 is 36.1 Å². The lowest BCUT2D eigenvalue weighted by Gasteiger charge is -2.18. The number of carboxylic acid groups (broad SMARTS) is 1. The molecule has 3 rings (SSSR count). The molecular weight excluding hydrogens is 461 g/mol. The molecule has 0 aromatic heterocycles. The molecular formula is C26H32BN3O6. The van der Waals surface area contributed by atoms with E-state index in [9.17, 15) is 19.6 Å². The van der Waals surface area contributed by atoms with Gasteiger partial charge in [-0.1, -0.05) is 66.7 Å². The largest absolute Gasteiger partial charge is 0.490 e. The number of carbonyl (C=O) groups excluding carboxylic acids is 1. The maximum absolute atomic E-state index is 11.6. The highest BCUT2D eigenvalue weighted by atomic mass is 16.5. The molecule has 0 saturated carbocycles. The van der Waals surface area contributed by atoms with Gasteiger partial charge in [-0.2, -0.15) is 0 Å². The van der Waals surface area contributed by atoms with Crippen LogP contribution in [-0.4, -0.2) is 54.1 Å². The summed E-state index contributed by atoms with van der Waals surface area (Å²) >= 11 is 0. The molecule has 2 amide bonds. The maximum atomic E-state index is 11.6. The second-order valence-electron chi connectivity index (χ2n) is 7.69. The fraction of sp³-hybridized carbons (Fsp3) is 0.231. The van der Waals surface area contributed by atoms with Crippen LogP contribution in [-0.2, 0) is 11.3 Å². The number of carbonyl (C=O) groups is 2. The molecule has 0 saturated heterocycles. The summed E-state index contributed by atoms with van der Waals surface area (Å²) in [5.74, 6) is 0. The lowest BCUT2D eigenvalue weighted by Crippen LogP contribution is -2.34. The van der Waals surface area contributed by atoms with Gasteiger partial charge >= 0.3 is 19.3 Å². The van der Waals surface area contributed by atoms with E-state index in [0.717, 1.165) is 16.8 Å². The predicted molar refractivity (Wildman–Crippen MR) is 142 cm³/mol. The zero-order valence-corrected chi connectivity index (χ0v) is 20.4. The van der Waals surface area contributed by atoms with Crippen LogP contribution in [0, 0.1) is 6.92 Å². The molecule has 9 nitrogen and oxygen atoms in total. The van der Waals surface area contributed by atoms with Gasteiger partial charge in [0.1, 0.15) is 6.61 Å². The number of para-hydroxylation sites is 2. The van der Waals surface area contributed by atoms with Gasteiger partial charge in [0.2, 0.25) is 0 Å². The van der Waals surface area contributed by atoms with Crippen LogP contribution in [0.4, 0.5) is 21.0 Å². The second-order valence-corrected chi connectivity index (χ2v) is 7.69. The molecule has 0 unspecified atom stereocenters. The Morgan fingerprint density at radius 2 is 1.56 bits per heavy atom. The first-order chi connectivity index (χ1) is 17.3. The minimum absolute atomic E-state index is 0.222. The Bertz CT molecular complexity index is 1100. The Labute approximate surface area is 211 Å². The molecule has 190 valence electrons. The summed E-state index contributed by atoms with van der Waals surface area (Å²) in [6.07, 6.45) is -1.40. The van der Waals surface area contributed by atoms with Crippen LogP contribution in [0.15, 0.2) is 78.9 Å². The molecule has 0 heterocycles. The molecule has 0 aliphatic carbocycles. The van der Waals surface area contributed by atoms with Crippen LogP contribution < -0.4 is 21.0 Å². The minimum Gasteiger partial charge on any atom is -0.465 e. The molecule has 10 heteroatoms. The Kier molecular flexibility index (Phi) is 11.8. The summed E-state index contributed by atoms with van der Waals surface area (Å²) in [5, 5.41) is 33.0. The van der Waals surface area contributed by atoms with Crippen LogP contribution in [0.5, 0.6) is 0 Å². The number of benzene rings is 3. The molecule has 0 spiro atoms. The molecule has 3 aromatic rings. The number of amides is 2. The van der Waals surface area contributed by atoms with Crippen LogP contribution in [0.25, 0.3) is 0 Å². The van der Waals surface area contributed by atoms with E-state index in [1.165, 1.54) is 4.90 Å². The van der Waals surface area contributed by atoms with Gasteiger partial charge in [-0.3, -0.25) is 4.90 Å². The van der Waals surface area contributed by atoms with Crippen molar-refractivity contribution in [1.29, 1.82) is 0 Å². The van der Waals surface area contributed by atoms with E-state index in [-0.39, 0.29) is 6.61 Å². The van der Waals surface area contributed by atoms with Crippen LogP contribution >= 0.6 is 0 Å². The van der Waals surface area contributed by atoms with Crippen molar-refractivity contribution in [2.45, 2.75) is 20.5 Å². The van der Waals surface area contributed by atoms with E-state index in [0.29, 0.717) is 30.8 Å².